The Morgan fingerprint density at radius 3 is 2.48 bits per heavy atom. The van der Waals surface area contributed by atoms with Crippen LogP contribution in [0.3, 0.4) is 0 Å². The fraction of sp³-hybridized carbons (Fsp3) is 0.214. The van der Waals surface area contributed by atoms with Gasteiger partial charge in [-0.05, 0) is 5.56 Å². The smallest absolute Gasteiger partial charge is 0.270 e. The van der Waals surface area contributed by atoms with Crippen LogP contribution in [0.5, 0.6) is 0 Å². The molecular formula is C14H17N5O2. The van der Waals surface area contributed by atoms with Crippen molar-refractivity contribution in [3.63, 3.8) is 0 Å². The molecule has 0 saturated carbocycles. The van der Waals surface area contributed by atoms with Gasteiger partial charge in [0.1, 0.15) is 17.6 Å². The van der Waals surface area contributed by atoms with E-state index < -0.39 is 11.9 Å². The highest BCUT2D eigenvalue weighted by Gasteiger charge is 2.25. The lowest BCUT2D eigenvalue weighted by Gasteiger charge is -2.21. The molecule has 0 radical (unpaired) electrons. The van der Waals surface area contributed by atoms with Crippen molar-refractivity contribution in [2.75, 3.05) is 19.8 Å². The van der Waals surface area contributed by atoms with Crippen LogP contribution in [0.4, 0.5) is 5.82 Å². The molecule has 1 aromatic carbocycles. The number of nitrogen functional groups attached to an aromatic ring is 1. The normalized spacial score (nSPS) is 11.7. The molecule has 4 N–H and O–H groups in total. The molecule has 0 bridgehead atoms. The van der Waals surface area contributed by atoms with Crippen LogP contribution in [0, 0.1) is 0 Å². The molecule has 2 aromatic rings. The van der Waals surface area contributed by atoms with Gasteiger partial charge in [0.25, 0.3) is 5.91 Å². The van der Waals surface area contributed by atoms with Gasteiger partial charge in [-0.1, -0.05) is 30.3 Å². The van der Waals surface area contributed by atoms with Crippen molar-refractivity contribution >= 4 is 17.6 Å². The summed E-state index contributed by atoms with van der Waals surface area (Å²) < 4.78 is 0. The fourth-order valence-electron chi connectivity index (χ4n) is 1.85. The second-order valence-electron chi connectivity index (χ2n) is 4.76. The molecule has 0 spiro atoms. The van der Waals surface area contributed by atoms with Crippen molar-refractivity contribution in [3.05, 3.63) is 47.7 Å². The predicted molar refractivity (Wildman–Crippen MR) is 78.3 cm³/mol. The van der Waals surface area contributed by atoms with E-state index >= 15 is 0 Å². The van der Waals surface area contributed by atoms with Gasteiger partial charge in [-0.25, -0.2) is 0 Å². The van der Waals surface area contributed by atoms with Crippen LogP contribution < -0.4 is 11.1 Å². The fourth-order valence-corrected chi connectivity index (χ4v) is 1.85. The summed E-state index contributed by atoms with van der Waals surface area (Å²) in [6, 6.07) is 9.69. The van der Waals surface area contributed by atoms with Crippen LogP contribution >= 0.6 is 0 Å². The second-order valence-corrected chi connectivity index (χ2v) is 4.76. The molecule has 0 aliphatic heterocycles. The first-order valence-electron chi connectivity index (χ1n) is 6.37. The lowest BCUT2D eigenvalue weighted by molar-refractivity contribution is -0.130. The van der Waals surface area contributed by atoms with Gasteiger partial charge in [-0.15, -0.1) is 0 Å². The number of amides is 2. The molecule has 2 amide bonds. The largest absolute Gasteiger partial charge is 0.382 e. The quantitative estimate of drug-likeness (QED) is 0.763. The van der Waals surface area contributed by atoms with E-state index in [0.29, 0.717) is 5.56 Å². The van der Waals surface area contributed by atoms with E-state index in [1.807, 2.05) is 18.2 Å². The number of H-pyrrole nitrogens is 1. The van der Waals surface area contributed by atoms with Gasteiger partial charge in [0, 0.05) is 20.2 Å². The summed E-state index contributed by atoms with van der Waals surface area (Å²) in [5.74, 6) is -0.444. The number of hydrogen-bond acceptors (Lipinski definition) is 4. The minimum atomic E-state index is -0.766. The number of carbonyl (C=O) groups is 2. The SMILES string of the molecule is CN(C)C(=O)[C@H](NC(=O)c1cc(N)n[nH]1)c1ccccc1. The maximum atomic E-state index is 12.3. The van der Waals surface area contributed by atoms with E-state index in [2.05, 4.69) is 15.5 Å². The van der Waals surface area contributed by atoms with Gasteiger partial charge < -0.3 is 16.0 Å². The van der Waals surface area contributed by atoms with E-state index in [4.69, 9.17) is 5.73 Å². The number of aromatic amines is 1. The Hall–Kier alpha value is -2.83. The number of nitrogens with zero attached hydrogens (tertiary/aromatic N) is 2. The zero-order valence-corrected chi connectivity index (χ0v) is 11.8. The summed E-state index contributed by atoms with van der Waals surface area (Å²) in [4.78, 5) is 25.9. The molecule has 7 heteroatoms. The van der Waals surface area contributed by atoms with Gasteiger partial charge in [0.15, 0.2) is 0 Å². The monoisotopic (exact) mass is 287 g/mol. The summed E-state index contributed by atoms with van der Waals surface area (Å²) in [7, 11) is 3.28. The first-order valence-corrected chi connectivity index (χ1v) is 6.37. The highest BCUT2D eigenvalue weighted by molar-refractivity contribution is 5.96. The van der Waals surface area contributed by atoms with Crippen LogP contribution in [0.1, 0.15) is 22.1 Å². The Labute approximate surface area is 122 Å². The number of likely N-dealkylation sites (N-methyl/N-ethyl adjacent to an activating group) is 1. The number of nitrogens with one attached hydrogen (secondary N) is 2. The summed E-state index contributed by atoms with van der Waals surface area (Å²) in [5, 5.41) is 8.90. The second kappa shape index (κ2) is 6.08. The number of nitrogens with two attached hydrogens (primary N) is 1. The van der Waals surface area contributed by atoms with Crippen LogP contribution in [0.25, 0.3) is 0 Å². The van der Waals surface area contributed by atoms with Gasteiger partial charge in [0.2, 0.25) is 5.91 Å². The number of carbonyl (C=O) groups excluding carboxylic acids is 2. The first kappa shape index (κ1) is 14.6. The van der Waals surface area contributed by atoms with Crippen LogP contribution in [-0.2, 0) is 4.79 Å². The Morgan fingerprint density at radius 1 is 1.29 bits per heavy atom. The number of rotatable bonds is 4. The lowest BCUT2D eigenvalue weighted by atomic mass is 10.1. The Kier molecular flexibility index (Phi) is 4.22. The third-order valence-electron chi connectivity index (χ3n) is 2.94. The molecule has 0 unspecified atom stereocenters. The maximum Gasteiger partial charge on any atom is 0.270 e. The van der Waals surface area contributed by atoms with Crippen molar-refractivity contribution in [3.8, 4) is 0 Å². The third-order valence-corrected chi connectivity index (χ3v) is 2.94. The maximum absolute atomic E-state index is 12.3. The zero-order chi connectivity index (χ0) is 15.4. The van der Waals surface area contributed by atoms with Crippen molar-refractivity contribution in [1.29, 1.82) is 0 Å². The molecule has 0 aliphatic carbocycles. The van der Waals surface area contributed by atoms with Crippen LogP contribution in [-0.4, -0.2) is 41.0 Å². The van der Waals surface area contributed by atoms with E-state index in [-0.39, 0.29) is 17.4 Å². The Morgan fingerprint density at radius 2 is 1.95 bits per heavy atom. The molecular weight excluding hydrogens is 270 g/mol. The van der Waals surface area contributed by atoms with E-state index in [1.165, 1.54) is 11.0 Å². The number of hydrogen-bond donors (Lipinski definition) is 3. The predicted octanol–water partition coefficient (Wildman–Crippen LogP) is 0.551. The standard InChI is InChI=1S/C14H17N5O2/c1-19(2)14(21)12(9-6-4-3-5-7-9)16-13(20)10-8-11(15)18-17-10/h3-8,12H,1-2H3,(H,16,20)(H3,15,17,18)/t12-/m1/s1. The van der Waals surface area contributed by atoms with Crippen molar-refractivity contribution < 1.29 is 9.59 Å². The Bertz CT molecular complexity index is 636. The van der Waals surface area contributed by atoms with Crippen molar-refractivity contribution in [2.24, 2.45) is 0 Å². The van der Waals surface area contributed by atoms with E-state index in [0.717, 1.165) is 0 Å². The van der Waals surface area contributed by atoms with Crippen molar-refractivity contribution in [2.45, 2.75) is 6.04 Å². The molecule has 1 heterocycles. The minimum absolute atomic E-state index is 0.208. The van der Waals surface area contributed by atoms with E-state index in [1.54, 1.807) is 26.2 Å². The summed E-state index contributed by atoms with van der Waals surface area (Å²) in [5.41, 5.74) is 6.38. The van der Waals surface area contributed by atoms with Gasteiger partial charge in [-0.2, -0.15) is 5.10 Å². The minimum Gasteiger partial charge on any atom is -0.382 e. The molecule has 0 aliphatic rings. The molecule has 7 nitrogen and oxygen atoms in total. The highest BCUT2D eigenvalue weighted by atomic mass is 16.2. The number of anilines is 1. The molecule has 1 aromatic heterocycles. The van der Waals surface area contributed by atoms with Gasteiger partial charge >= 0.3 is 0 Å². The molecule has 1 atom stereocenters. The number of benzene rings is 1. The van der Waals surface area contributed by atoms with E-state index in [9.17, 15) is 9.59 Å². The molecule has 21 heavy (non-hydrogen) atoms. The third kappa shape index (κ3) is 3.38. The lowest BCUT2D eigenvalue weighted by Crippen LogP contribution is -2.40. The Balaban J connectivity index is 2.24. The topological polar surface area (TPSA) is 104 Å². The summed E-state index contributed by atoms with van der Waals surface area (Å²) >= 11 is 0. The molecule has 0 fully saturated rings. The van der Waals surface area contributed by atoms with Gasteiger partial charge in [-0.3, -0.25) is 14.7 Å². The van der Waals surface area contributed by atoms with Crippen LogP contribution in [0.2, 0.25) is 0 Å². The number of aromatic nitrogens is 2. The summed E-state index contributed by atoms with van der Waals surface area (Å²) in [6.07, 6.45) is 0. The molecule has 110 valence electrons. The van der Waals surface area contributed by atoms with Crippen LogP contribution in [0.15, 0.2) is 36.4 Å². The first-order chi connectivity index (χ1) is 9.99. The molecule has 0 saturated heterocycles. The van der Waals surface area contributed by atoms with Crippen molar-refractivity contribution in [1.82, 2.24) is 20.4 Å². The zero-order valence-electron chi connectivity index (χ0n) is 11.8. The highest BCUT2D eigenvalue weighted by Crippen LogP contribution is 2.15. The van der Waals surface area contributed by atoms with Gasteiger partial charge in [0.05, 0.1) is 0 Å². The molecule has 2 rings (SSSR count). The average molecular weight is 287 g/mol. The average Bonchev–Trinajstić information content (AvgIpc) is 2.91. The summed E-state index contributed by atoms with van der Waals surface area (Å²) in [6.45, 7) is 0.